The molecule has 0 saturated carbocycles. The predicted octanol–water partition coefficient (Wildman–Crippen LogP) is 4.77. The van der Waals surface area contributed by atoms with Crippen LogP contribution in [0.5, 0.6) is 0 Å². The third kappa shape index (κ3) is 5.35. The SMILES string of the molecule is CCCCC[PH](CC)(CC)CCCC. The Bertz CT molecular complexity index is 116. The molecular weight excluding hydrogens is 187 g/mol. The first kappa shape index (κ1) is 14.4. The number of hydrogen-bond donors (Lipinski definition) is 0. The fraction of sp³-hybridized carbons (Fsp3) is 1.00. The third-order valence-electron chi connectivity index (χ3n) is 3.87. The van der Waals surface area contributed by atoms with Crippen LogP contribution in [0.1, 0.15) is 59.8 Å². The second-order valence-electron chi connectivity index (χ2n) is 4.77. The van der Waals surface area contributed by atoms with Crippen molar-refractivity contribution in [2.24, 2.45) is 0 Å². The molecule has 0 spiro atoms. The van der Waals surface area contributed by atoms with E-state index in [1.165, 1.54) is 44.4 Å². The fourth-order valence-corrected chi connectivity index (χ4v) is 6.65. The van der Waals surface area contributed by atoms with E-state index in [1.54, 1.807) is 12.3 Å². The molecule has 0 aromatic rings. The molecule has 0 rings (SSSR count). The van der Waals surface area contributed by atoms with Gasteiger partial charge in [-0.05, 0) is 0 Å². The molecule has 0 atom stereocenters. The van der Waals surface area contributed by atoms with Crippen LogP contribution in [0.2, 0.25) is 0 Å². The molecule has 0 saturated heterocycles. The van der Waals surface area contributed by atoms with Crippen molar-refractivity contribution in [2.45, 2.75) is 59.8 Å². The zero-order valence-corrected chi connectivity index (χ0v) is 11.9. The van der Waals surface area contributed by atoms with Crippen LogP contribution in [0, 0.1) is 0 Å². The summed E-state index contributed by atoms with van der Waals surface area (Å²) in [5, 5.41) is 0. The Labute approximate surface area is 92.2 Å². The molecule has 0 radical (unpaired) electrons. The Morgan fingerprint density at radius 1 is 0.643 bits per heavy atom. The van der Waals surface area contributed by atoms with E-state index in [1.807, 2.05) is 0 Å². The van der Waals surface area contributed by atoms with E-state index in [-0.39, 0.29) is 0 Å². The Hall–Kier alpha value is 0.430. The summed E-state index contributed by atoms with van der Waals surface area (Å²) in [6, 6.07) is 0. The van der Waals surface area contributed by atoms with Gasteiger partial charge in [-0.15, -0.1) is 0 Å². The molecule has 14 heavy (non-hydrogen) atoms. The summed E-state index contributed by atoms with van der Waals surface area (Å²) in [6.07, 6.45) is 13.5. The van der Waals surface area contributed by atoms with E-state index in [2.05, 4.69) is 27.7 Å². The summed E-state index contributed by atoms with van der Waals surface area (Å²) < 4.78 is 0. The van der Waals surface area contributed by atoms with Gasteiger partial charge in [0, 0.05) is 0 Å². The van der Waals surface area contributed by atoms with Gasteiger partial charge in [0.15, 0.2) is 0 Å². The summed E-state index contributed by atoms with van der Waals surface area (Å²) in [7, 11) is -0.802. The molecule has 88 valence electrons. The van der Waals surface area contributed by atoms with Crippen molar-refractivity contribution in [3.63, 3.8) is 0 Å². The van der Waals surface area contributed by atoms with Gasteiger partial charge in [-0.3, -0.25) is 0 Å². The van der Waals surface area contributed by atoms with Gasteiger partial charge < -0.3 is 0 Å². The van der Waals surface area contributed by atoms with Crippen molar-refractivity contribution in [2.75, 3.05) is 24.6 Å². The van der Waals surface area contributed by atoms with E-state index in [0.717, 1.165) is 0 Å². The Morgan fingerprint density at radius 3 is 1.57 bits per heavy atom. The summed E-state index contributed by atoms with van der Waals surface area (Å²) in [4.78, 5) is 0. The van der Waals surface area contributed by atoms with Gasteiger partial charge in [-0.25, -0.2) is 0 Å². The van der Waals surface area contributed by atoms with Crippen LogP contribution in [0.3, 0.4) is 0 Å². The summed E-state index contributed by atoms with van der Waals surface area (Å²) in [6.45, 7) is 9.53. The Balaban J connectivity index is 3.94. The maximum absolute atomic E-state index is 2.44. The normalized spacial score (nSPS) is 13.1. The molecule has 0 aromatic carbocycles. The minimum atomic E-state index is -0.802. The van der Waals surface area contributed by atoms with E-state index in [4.69, 9.17) is 0 Å². The van der Waals surface area contributed by atoms with Crippen molar-refractivity contribution >= 4 is 7.26 Å². The van der Waals surface area contributed by atoms with E-state index < -0.39 is 7.26 Å². The van der Waals surface area contributed by atoms with Crippen molar-refractivity contribution in [3.8, 4) is 0 Å². The first-order valence-electron chi connectivity index (χ1n) is 6.74. The zero-order chi connectivity index (χ0) is 10.9. The van der Waals surface area contributed by atoms with Gasteiger partial charge in [0.2, 0.25) is 0 Å². The van der Waals surface area contributed by atoms with Crippen molar-refractivity contribution in [1.29, 1.82) is 0 Å². The quantitative estimate of drug-likeness (QED) is 0.386. The van der Waals surface area contributed by atoms with Crippen molar-refractivity contribution in [3.05, 3.63) is 0 Å². The van der Waals surface area contributed by atoms with Crippen LogP contribution in [0.15, 0.2) is 0 Å². The van der Waals surface area contributed by atoms with Crippen molar-refractivity contribution < 1.29 is 0 Å². The van der Waals surface area contributed by atoms with E-state index in [0.29, 0.717) is 0 Å². The molecule has 0 nitrogen and oxygen atoms in total. The number of unbranched alkanes of at least 4 members (excludes halogenated alkanes) is 3. The molecular formula is C13H31P. The summed E-state index contributed by atoms with van der Waals surface area (Å²) >= 11 is 0. The Kier molecular flexibility index (Phi) is 8.98. The topological polar surface area (TPSA) is 0 Å². The van der Waals surface area contributed by atoms with Gasteiger partial charge in [-0.2, -0.15) is 0 Å². The predicted molar refractivity (Wildman–Crippen MR) is 73.6 cm³/mol. The first-order valence-corrected chi connectivity index (χ1v) is 9.57. The maximum atomic E-state index is 2.44. The number of hydrogen-bond acceptors (Lipinski definition) is 0. The fourth-order valence-electron chi connectivity index (χ4n) is 2.38. The summed E-state index contributed by atoms with van der Waals surface area (Å²) in [5.74, 6) is 0. The average molecular weight is 218 g/mol. The zero-order valence-electron chi connectivity index (χ0n) is 10.9. The molecule has 0 bridgehead atoms. The van der Waals surface area contributed by atoms with Crippen LogP contribution in [-0.4, -0.2) is 24.6 Å². The van der Waals surface area contributed by atoms with Crippen LogP contribution in [-0.2, 0) is 0 Å². The number of rotatable bonds is 9. The second-order valence-corrected chi connectivity index (χ2v) is 10.2. The van der Waals surface area contributed by atoms with E-state index in [9.17, 15) is 0 Å². The van der Waals surface area contributed by atoms with Crippen LogP contribution >= 0.6 is 7.26 Å². The van der Waals surface area contributed by atoms with Crippen LogP contribution < -0.4 is 0 Å². The Morgan fingerprint density at radius 2 is 1.14 bits per heavy atom. The molecule has 0 heterocycles. The molecule has 0 unspecified atom stereocenters. The summed E-state index contributed by atoms with van der Waals surface area (Å²) in [5.41, 5.74) is 0. The molecule has 0 aliphatic heterocycles. The molecule has 0 amide bonds. The van der Waals surface area contributed by atoms with Gasteiger partial charge in [-0.1, -0.05) is 0 Å². The monoisotopic (exact) mass is 218 g/mol. The average Bonchev–Trinajstić information content (AvgIpc) is 2.24. The van der Waals surface area contributed by atoms with E-state index >= 15 is 0 Å². The third-order valence-corrected chi connectivity index (χ3v) is 9.70. The van der Waals surface area contributed by atoms with Gasteiger partial charge in [0.05, 0.1) is 0 Å². The molecule has 0 aliphatic rings. The molecule has 1 heteroatoms. The van der Waals surface area contributed by atoms with Crippen LogP contribution in [0.25, 0.3) is 0 Å². The second kappa shape index (κ2) is 8.72. The van der Waals surface area contributed by atoms with Crippen molar-refractivity contribution in [1.82, 2.24) is 0 Å². The standard InChI is InChI=1S/C13H31P/c1-5-9-11-13-14(7-3,8-4)12-10-6-2/h14H,5-13H2,1-4H3. The molecule has 0 aromatic heterocycles. The van der Waals surface area contributed by atoms with Gasteiger partial charge >= 0.3 is 91.7 Å². The van der Waals surface area contributed by atoms with Gasteiger partial charge in [0.25, 0.3) is 0 Å². The molecule has 0 N–H and O–H groups in total. The van der Waals surface area contributed by atoms with Gasteiger partial charge in [0.1, 0.15) is 0 Å². The first-order chi connectivity index (χ1) is 6.74. The van der Waals surface area contributed by atoms with Crippen LogP contribution in [0.4, 0.5) is 0 Å². The minimum absolute atomic E-state index is 0.802. The molecule has 0 aliphatic carbocycles. The molecule has 0 fully saturated rings.